The number of carbonyl (C=O) groups is 4. The Hall–Kier alpha value is -3.88. The molecule has 0 saturated carbocycles. The number of hydrogen-bond acceptors (Lipinski definition) is 5. The highest BCUT2D eigenvalue weighted by atomic mass is 16.6. The largest absolute Gasteiger partial charge is 0.444 e. The molecular weight excluding hydrogens is 484 g/mol. The molecule has 9 heteroatoms. The van der Waals surface area contributed by atoms with E-state index in [0.29, 0.717) is 17.7 Å². The summed E-state index contributed by atoms with van der Waals surface area (Å²) < 4.78 is 5.31. The van der Waals surface area contributed by atoms with E-state index in [1.54, 1.807) is 45.0 Å². The van der Waals surface area contributed by atoms with Crippen molar-refractivity contribution in [2.45, 2.75) is 85.0 Å². The minimum Gasteiger partial charge on any atom is -0.444 e. The maximum absolute atomic E-state index is 14.1. The molecule has 4 amide bonds. The highest BCUT2D eigenvalue weighted by Gasteiger charge is 2.39. The maximum atomic E-state index is 14.1. The molecule has 0 aliphatic carbocycles. The minimum absolute atomic E-state index is 0.419. The Morgan fingerprint density at radius 3 is 2.05 bits per heavy atom. The van der Waals surface area contributed by atoms with Gasteiger partial charge in [-0.3, -0.25) is 14.4 Å². The molecule has 3 unspecified atom stereocenters. The van der Waals surface area contributed by atoms with E-state index in [1.807, 2.05) is 52.0 Å². The zero-order valence-corrected chi connectivity index (χ0v) is 23.3. The van der Waals surface area contributed by atoms with E-state index in [9.17, 15) is 19.2 Å². The first-order valence-corrected chi connectivity index (χ1v) is 12.8. The summed E-state index contributed by atoms with van der Waals surface area (Å²) in [5.74, 6) is -1.81. The molecule has 0 bridgehead atoms. The van der Waals surface area contributed by atoms with Gasteiger partial charge in [-0.1, -0.05) is 55.5 Å². The summed E-state index contributed by atoms with van der Waals surface area (Å²) in [6, 6.07) is 11.8. The predicted octanol–water partition coefficient (Wildman–Crippen LogP) is 4.38. The number of aryl methyl sites for hydroxylation is 2. The van der Waals surface area contributed by atoms with E-state index in [4.69, 9.17) is 10.5 Å². The van der Waals surface area contributed by atoms with Gasteiger partial charge in [-0.15, -0.1) is 0 Å². The lowest BCUT2D eigenvalue weighted by molar-refractivity contribution is -0.144. The van der Waals surface area contributed by atoms with Crippen LogP contribution >= 0.6 is 0 Å². The van der Waals surface area contributed by atoms with Crippen LogP contribution in [-0.4, -0.2) is 46.4 Å². The van der Waals surface area contributed by atoms with Crippen LogP contribution in [0.15, 0.2) is 48.5 Å². The number of para-hydroxylation sites is 1. The third-order valence-electron chi connectivity index (χ3n) is 6.09. The van der Waals surface area contributed by atoms with Crippen molar-refractivity contribution in [3.8, 4) is 0 Å². The van der Waals surface area contributed by atoms with E-state index in [-0.39, 0.29) is 0 Å². The van der Waals surface area contributed by atoms with Crippen molar-refractivity contribution in [1.29, 1.82) is 0 Å². The Balaban J connectivity index is 2.57. The van der Waals surface area contributed by atoms with E-state index in [0.717, 1.165) is 11.1 Å². The summed E-state index contributed by atoms with van der Waals surface area (Å²) in [6.07, 6.45) is -0.801. The van der Waals surface area contributed by atoms with E-state index in [2.05, 4.69) is 10.6 Å². The van der Waals surface area contributed by atoms with Gasteiger partial charge in [-0.05, 0) is 64.7 Å². The van der Waals surface area contributed by atoms with Crippen molar-refractivity contribution in [3.63, 3.8) is 0 Å². The van der Waals surface area contributed by atoms with Crippen LogP contribution < -0.4 is 16.4 Å². The molecule has 0 spiro atoms. The van der Waals surface area contributed by atoms with Gasteiger partial charge < -0.3 is 26.0 Å². The van der Waals surface area contributed by atoms with Gasteiger partial charge in [-0.25, -0.2) is 4.79 Å². The van der Waals surface area contributed by atoms with Gasteiger partial charge in [0.15, 0.2) is 0 Å². The van der Waals surface area contributed by atoms with Gasteiger partial charge in [0.05, 0.1) is 6.42 Å². The predicted molar refractivity (Wildman–Crippen MR) is 147 cm³/mol. The first-order chi connectivity index (χ1) is 17.7. The lowest BCUT2D eigenvalue weighted by atomic mass is 9.98. The number of carbonyl (C=O) groups excluding carboxylic acids is 4. The Bertz CT molecular complexity index is 1120. The number of primary amides is 1. The first kappa shape index (κ1) is 30.3. The number of ether oxygens (including phenoxy) is 1. The minimum atomic E-state index is -1.32. The SMILES string of the molecule is CCC(C)N(C(=O)C(CC(N)=O)NC(=O)OC(C)(C)C)C(C(=O)Nc1c(C)cccc1C)c1ccccc1. The summed E-state index contributed by atoms with van der Waals surface area (Å²) in [4.78, 5) is 53.9. The molecule has 206 valence electrons. The van der Waals surface area contributed by atoms with E-state index in [1.165, 1.54) is 4.90 Å². The van der Waals surface area contributed by atoms with Crippen molar-refractivity contribution in [1.82, 2.24) is 10.2 Å². The summed E-state index contributed by atoms with van der Waals surface area (Å²) in [5, 5.41) is 5.50. The monoisotopic (exact) mass is 524 g/mol. The lowest BCUT2D eigenvalue weighted by Crippen LogP contribution is -2.55. The molecule has 2 aromatic rings. The summed E-state index contributed by atoms with van der Waals surface area (Å²) in [6.45, 7) is 12.6. The van der Waals surface area contributed by atoms with Gasteiger partial charge in [0, 0.05) is 11.7 Å². The van der Waals surface area contributed by atoms with Gasteiger partial charge >= 0.3 is 6.09 Å². The third kappa shape index (κ3) is 8.33. The number of nitrogens with one attached hydrogen (secondary N) is 2. The Morgan fingerprint density at radius 1 is 0.974 bits per heavy atom. The molecule has 0 saturated heterocycles. The number of alkyl carbamates (subject to hydrolysis) is 1. The van der Waals surface area contributed by atoms with Gasteiger partial charge in [-0.2, -0.15) is 0 Å². The quantitative estimate of drug-likeness (QED) is 0.425. The van der Waals surface area contributed by atoms with Crippen molar-refractivity contribution >= 4 is 29.5 Å². The van der Waals surface area contributed by atoms with Crippen molar-refractivity contribution in [2.75, 3.05) is 5.32 Å². The van der Waals surface area contributed by atoms with Crippen LogP contribution in [0.4, 0.5) is 10.5 Å². The molecule has 0 radical (unpaired) electrons. The molecule has 0 aliphatic heterocycles. The highest BCUT2D eigenvalue weighted by molar-refractivity contribution is 6.00. The average molecular weight is 525 g/mol. The number of benzene rings is 2. The molecule has 4 N–H and O–H groups in total. The van der Waals surface area contributed by atoms with E-state index >= 15 is 0 Å². The molecule has 0 fully saturated rings. The number of anilines is 1. The smallest absolute Gasteiger partial charge is 0.408 e. The van der Waals surface area contributed by atoms with Crippen LogP contribution in [0.5, 0.6) is 0 Å². The second kappa shape index (κ2) is 13.1. The zero-order chi connectivity index (χ0) is 28.6. The maximum Gasteiger partial charge on any atom is 0.408 e. The van der Waals surface area contributed by atoms with Crippen LogP contribution in [0.2, 0.25) is 0 Å². The normalized spacial score (nSPS) is 13.6. The number of amides is 4. The average Bonchev–Trinajstić information content (AvgIpc) is 2.82. The topological polar surface area (TPSA) is 131 Å². The zero-order valence-electron chi connectivity index (χ0n) is 23.3. The second-order valence-corrected chi connectivity index (χ2v) is 10.4. The molecule has 2 aromatic carbocycles. The van der Waals surface area contributed by atoms with Crippen LogP contribution in [0, 0.1) is 13.8 Å². The van der Waals surface area contributed by atoms with Gasteiger partial charge in [0.25, 0.3) is 5.91 Å². The van der Waals surface area contributed by atoms with Crippen molar-refractivity contribution in [3.05, 3.63) is 65.2 Å². The van der Waals surface area contributed by atoms with Crippen molar-refractivity contribution < 1.29 is 23.9 Å². The lowest BCUT2D eigenvalue weighted by Gasteiger charge is -2.38. The van der Waals surface area contributed by atoms with Gasteiger partial charge in [0.1, 0.15) is 17.7 Å². The molecular formula is C29H40N4O5. The van der Waals surface area contributed by atoms with Crippen molar-refractivity contribution in [2.24, 2.45) is 5.73 Å². The number of nitrogens with two attached hydrogens (primary N) is 1. The Labute approximate surface area is 225 Å². The highest BCUT2D eigenvalue weighted by Crippen LogP contribution is 2.29. The number of rotatable bonds is 10. The summed E-state index contributed by atoms with van der Waals surface area (Å²) >= 11 is 0. The van der Waals surface area contributed by atoms with E-state index < -0.39 is 54.0 Å². The first-order valence-electron chi connectivity index (χ1n) is 12.8. The standard InChI is InChI=1S/C29H40N4O5/c1-8-20(4)33(27(36)22(17-23(30)34)31-28(37)38-29(5,6)7)25(21-15-10-9-11-16-21)26(35)32-24-18(2)13-12-14-19(24)3/h9-16,20,22,25H,8,17H2,1-7H3,(H2,30,34)(H,31,37)(H,32,35). The fraction of sp³-hybridized carbons (Fsp3) is 0.448. The molecule has 9 nitrogen and oxygen atoms in total. The third-order valence-corrected chi connectivity index (χ3v) is 6.09. The van der Waals surface area contributed by atoms with Crippen LogP contribution in [0.3, 0.4) is 0 Å². The van der Waals surface area contributed by atoms with Crippen LogP contribution in [-0.2, 0) is 19.1 Å². The van der Waals surface area contributed by atoms with Crippen LogP contribution in [0.25, 0.3) is 0 Å². The molecule has 2 rings (SSSR count). The second-order valence-electron chi connectivity index (χ2n) is 10.4. The summed E-state index contributed by atoms with van der Waals surface area (Å²) in [7, 11) is 0. The number of hydrogen-bond donors (Lipinski definition) is 3. The molecule has 3 atom stereocenters. The molecule has 0 aliphatic rings. The van der Waals surface area contributed by atoms with Gasteiger partial charge in [0.2, 0.25) is 11.8 Å². The molecule has 0 aromatic heterocycles. The molecule has 0 heterocycles. The fourth-order valence-electron chi connectivity index (χ4n) is 4.10. The fourth-order valence-corrected chi connectivity index (χ4v) is 4.10. The summed E-state index contributed by atoms with van der Waals surface area (Å²) in [5.41, 5.74) is 7.63. The number of nitrogens with zero attached hydrogens (tertiary/aromatic N) is 1. The van der Waals surface area contributed by atoms with Crippen LogP contribution in [0.1, 0.15) is 70.2 Å². The Kier molecular flexibility index (Phi) is 10.4. The molecule has 38 heavy (non-hydrogen) atoms. The Morgan fingerprint density at radius 2 is 1.55 bits per heavy atom.